The molecule has 0 N–H and O–H groups in total. The summed E-state index contributed by atoms with van der Waals surface area (Å²) in [5.41, 5.74) is 3.61. The first-order chi connectivity index (χ1) is 16.4. The second kappa shape index (κ2) is 9.29. The van der Waals surface area contributed by atoms with Gasteiger partial charge in [0.15, 0.2) is 24.2 Å². The van der Waals surface area contributed by atoms with E-state index in [2.05, 4.69) is 11.5 Å². The molecule has 0 radical (unpaired) electrons. The first-order valence-electron chi connectivity index (χ1n) is 11.8. The van der Waals surface area contributed by atoms with Crippen molar-refractivity contribution in [1.82, 2.24) is 4.57 Å². The maximum absolute atomic E-state index is 12.9. The minimum absolute atomic E-state index is 0.159. The van der Waals surface area contributed by atoms with Crippen LogP contribution in [0.25, 0.3) is 0 Å². The molecule has 2 unspecified atom stereocenters. The van der Waals surface area contributed by atoms with Gasteiger partial charge < -0.3 is 18.8 Å². The number of aromatic nitrogens is 1. The summed E-state index contributed by atoms with van der Waals surface area (Å²) in [7, 11) is 0. The van der Waals surface area contributed by atoms with Gasteiger partial charge in [0, 0.05) is 21.8 Å². The van der Waals surface area contributed by atoms with Gasteiger partial charge in [0.05, 0.1) is 6.54 Å². The number of esters is 1. The molecule has 2 atom stereocenters. The normalized spacial score (nSPS) is 18.9. The van der Waals surface area contributed by atoms with Crippen LogP contribution in [0.2, 0.25) is 0 Å². The second-order valence-corrected chi connectivity index (χ2v) is 10.4. The predicted octanol–water partition coefficient (Wildman–Crippen LogP) is 5.17. The Labute approximate surface area is 203 Å². The van der Waals surface area contributed by atoms with Crippen molar-refractivity contribution >= 4 is 23.1 Å². The number of hydrogen-bond acceptors (Lipinski definition) is 6. The number of nitrogens with zero attached hydrogens (tertiary/aromatic N) is 1. The largest absolute Gasteiger partial charge is 0.486 e. The first-order valence-corrected chi connectivity index (χ1v) is 12.6. The maximum atomic E-state index is 12.9. The van der Waals surface area contributed by atoms with Crippen LogP contribution in [-0.4, -0.2) is 35.6 Å². The third-order valence-electron chi connectivity index (χ3n) is 6.69. The highest BCUT2D eigenvalue weighted by atomic mass is 32.1. The highest BCUT2D eigenvalue weighted by Crippen LogP contribution is 2.33. The summed E-state index contributed by atoms with van der Waals surface area (Å²) < 4.78 is 19.4. The van der Waals surface area contributed by atoms with Gasteiger partial charge in [0.2, 0.25) is 5.78 Å². The number of ketones is 1. The van der Waals surface area contributed by atoms with Gasteiger partial charge in [-0.05, 0) is 68.9 Å². The summed E-state index contributed by atoms with van der Waals surface area (Å²) in [4.78, 5) is 27.4. The molecule has 2 aromatic heterocycles. The van der Waals surface area contributed by atoms with Crippen molar-refractivity contribution < 1.29 is 23.8 Å². The number of benzene rings is 1. The van der Waals surface area contributed by atoms with Crippen LogP contribution >= 0.6 is 11.3 Å². The van der Waals surface area contributed by atoms with E-state index in [0.717, 1.165) is 42.1 Å². The van der Waals surface area contributed by atoms with E-state index in [9.17, 15) is 9.59 Å². The van der Waals surface area contributed by atoms with Gasteiger partial charge >= 0.3 is 5.97 Å². The molecule has 1 aliphatic carbocycles. The van der Waals surface area contributed by atoms with Gasteiger partial charge in [-0.25, -0.2) is 4.79 Å². The zero-order chi connectivity index (χ0) is 23.8. The molecule has 0 amide bonds. The van der Waals surface area contributed by atoms with E-state index in [1.54, 1.807) is 0 Å². The summed E-state index contributed by atoms with van der Waals surface area (Å²) in [5, 5.41) is 0. The third kappa shape index (κ3) is 4.49. The molecule has 0 saturated heterocycles. The van der Waals surface area contributed by atoms with Crippen LogP contribution in [0.1, 0.15) is 55.2 Å². The number of Topliss-reactive ketones (excluding diaryl/α,β-unsaturated/α-hetero) is 1. The van der Waals surface area contributed by atoms with Crippen molar-refractivity contribution in [2.24, 2.45) is 5.92 Å². The van der Waals surface area contributed by atoms with Gasteiger partial charge in [0.25, 0.3) is 0 Å². The van der Waals surface area contributed by atoms with Crippen molar-refractivity contribution in [2.45, 2.75) is 52.7 Å². The zero-order valence-corrected chi connectivity index (χ0v) is 20.6. The van der Waals surface area contributed by atoms with Crippen molar-refractivity contribution in [3.05, 3.63) is 68.7 Å². The van der Waals surface area contributed by atoms with Gasteiger partial charge in [-0.2, -0.15) is 0 Å². The topological polar surface area (TPSA) is 66.8 Å². The minimum atomic E-state index is -0.416. The Hall–Kier alpha value is -3.06. The summed E-state index contributed by atoms with van der Waals surface area (Å²) >= 11 is 1.50. The fourth-order valence-corrected chi connectivity index (χ4v) is 5.91. The van der Waals surface area contributed by atoms with E-state index in [-0.39, 0.29) is 18.5 Å². The lowest BCUT2D eigenvalue weighted by atomic mass is 9.90. The van der Waals surface area contributed by atoms with E-state index in [1.807, 2.05) is 50.2 Å². The molecule has 1 aromatic carbocycles. The van der Waals surface area contributed by atoms with Gasteiger partial charge in [0.1, 0.15) is 11.5 Å². The number of para-hydroxylation sites is 2. The number of aryl methyl sites for hydroxylation is 2. The van der Waals surface area contributed by atoms with Gasteiger partial charge in [-0.15, -0.1) is 11.3 Å². The third-order valence-corrected chi connectivity index (χ3v) is 7.91. The molecule has 1 aliphatic heterocycles. The molecular formula is C27H29NO5S. The maximum Gasteiger partial charge on any atom is 0.348 e. The van der Waals surface area contributed by atoms with Crippen LogP contribution < -0.4 is 9.47 Å². The molecule has 0 spiro atoms. The van der Waals surface area contributed by atoms with E-state index in [1.165, 1.54) is 21.8 Å². The molecule has 178 valence electrons. The number of rotatable bonds is 6. The average Bonchev–Trinajstić information content (AvgIpc) is 3.38. The lowest BCUT2D eigenvalue weighted by Crippen LogP contribution is -2.33. The molecule has 6 nitrogen and oxygen atoms in total. The number of thiophene rings is 1. The Morgan fingerprint density at radius 2 is 1.97 bits per heavy atom. The number of carbonyl (C=O) groups is 2. The van der Waals surface area contributed by atoms with E-state index < -0.39 is 5.97 Å². The molecule has 7 heteroatoms. The number of hydrogen-bond donors (Lipinski definition) is 0. The standard InChI is InChI=1S/C27H29NO5S/c1-16-8-9-25-19(10-16)12-26(34-25)27(30)32-15-22(29)21-11-17(2)28(18(21)3)13-20-14-31-23-6-4-5-7-24(23)33-20/h4-7,11-12,16,20H,8-10,13-15H2,1-3H3. The van der Waals surface area contributed by atoms with E-state index in [0.29, 0.717) is 29.5 Å². The molecule has 3 aromatic rings. The molecule has 34 heavy (non-hydrogen) atoms. The average molecular weight is 480 g/mol. The lowest BCUT2D eigenvalue weighted by Gasteiger charge is -2.27. The summed E-state index contributed by atoms with van der Waals surface area (Å²) in [6.45, 7) is 6.86. The van der Waals surface area contributed by atoms with Crippen LogP contribution in [-0.2, 0) is 24.1 Å². The van der Waals surface area contributed by atoms with Crippen LogP contribution in [0, 0.1) is 19.8 Å². The monoisotopic (exact) mass is 479 g/mol. The van der Waals surface area contributed by atoms with Crippen LogP contribution in [0.3, 0.4) is 0 Å². The molecule has 0 bridgehead atoms. The molecule has 0 saturated carbocycles. The van der Waals surface area contributed by atoms with Crippen LogP contribution in [0.4, 0.5) is 0 Å². The predicted molar refractivity (Wildman–Crippen MR) is 130 cm³/mol. The van der Waals surface area contributed by atoms with Crippen molar-refractivity contribution in [3.63, 3.8) is 0 Å². The summed E-state index contributed by atoms with van der Waals surface area (Å²) in [5.74, 6) is 1.50. The molecular weight excluding hydrogens is 450 g/mol. The fourth-order valence-electron chi connectivity index (χ4n) is 4.81. The number of carbonyl (C=O) groups excluding carboxylic acids is 2. The Balaban J connectivity index is 1.22. The SMILES string of the molecule is Cc1cc(C(=O)COC(=O)c2cc3c(s2)CCC(C)C3)c(C)n1CC1COc2ccccc2O1. The first kappa shape index (κ1) is 22.7. The smallest absolute Gasteiger partial charge is 0.348 e. The summed E-state index contributed by atoms with van der Waals surface area (Å²) in [6, 6.07) is 11.4. The highest BCUT2D eigenvalue weighted by molar-refractivity contribution is 7.14. The number of ether oxygens (including phenoxy) is 3. The van der Waals surface area contributed by atoms with E-state index in [4.69, 9.17) is 14.2 Å². The van der Waals surface area contributed by atoms with Crippen molar-refractivity contribution in [1.29, 1.82) is 0 Å². The Bertz CT molecular complexity index is 1240. The Kier molecular flexibility index (Phi) is 6.21. The quantitative estimate of drug-likeness (QED) is 0.360. The Morgan fingerprint density at radius 3 is 2.79 bits per heavy atom. The molecule has 5 rings (SSSR count). The molecule has 3 heterocycles. The second-order valence-electron chi connectivity index (χ2n) is 9.30. The molecule has 0 fully saturated rings. The minimum Gasteiger partial charge on any atom is -0.486 e. The van der Waals surface area contributed by atoms with Crippen molar-refractivity contribution in [3.8, 4) is 11.5 Å². The highest BCUT2D eigenvalue weighted by Gasteiger charge is 2.25. The zero-order valence-electron chi connectivity index (χ0n) is 19.8. The van der Waals surface area contributed by atoms with Gasteiger partial charge in [-0.3, -0.25) is 4.79 Å². The lowest BCUT2D eigenvalue weighted by molar-refractivity contribution is 0.0479. The fraction of sp³-hybridized carbons (Fsp3) is 0.407. The Morgan fingerprint density at radius 1 is 1.18 bits per heavy atom. The number of fused-ring (bicyclic) bond motifs is 2. The van der Waals surface area contributed by atoms with Crippen LogP contribution in [0.15, 0.2) is 36.4 Å². The summed E-state index contributed by atoms with van der Waals surface area (Å²) in [6.07, 6.45) is 3.01. The molecule has 2 aliphatic rings. The van der Waals surface area contributed by atoms with Crippen molar-refractivity contribution in [2.75, 3.05) is 13.2 Å². The van der Waals surface area contributed by atoms with Gasteiger partial charge in [-0.1, -0.05) is 19.1 Å². The van der Waals surface area contributed by atoms with Crippen LogP contribution in [0.5, 0.6) is 11.5 Å². The van der Waals surface area contributed by atoms with E-state index >= 15 is 0 Å².